The summed E-state index contributed by atoms with van der Waals surface area (Å²) in [5.74, 6) is 0.163. The Morgan fingerprint density at radius 3 is 2.85 bits per heavy atom. The van der Waals surface area contributed by atoms with Crippen LogP contribution in [0, 0.1) is 6.92 Å². The van der Waals surface area contributed by atoms with E-state index in [0.717, 1.165) is 25.1 Å². The number of morpholine rings is 1. The van der Waals surface area contributed by atoms with Crippen LogP contribution in [0.1, 0.15) is 24.0 Å². The maximum Gasteiger partial charge on any atom is 0.224 e. The molecule has 0 unspecified atom stereocenters. The Labute approximate surface area is 155 Å². The van der Waals surface area contributed by atoms with Gasteiger partial charge in [0, 0.05) is 39.3 Å². The highest BCUT2D eigenvalue weighted by molar-refractivity contribution is 5.79. The molecule has 6 nitrogen and oxygen atoms in total. The molecule has 2 amide bonds. The molecule has 2 aliphatic rings. The first kappa shape index (κ1) is 18.9. The number of amides is 2. The molecule has 26 heavy (non-hydrogen) atoms. The number of hydrogen-bond acceptors (Lipinski definition) is 4. The minimum atomic E-state index is -0.0529. The van der Waals surface area contributed by atoms with Gasteiger partial charge in [0.2, 0.25) is 11.8 Å². The predicted octanol–water partition coefficient (Wildman–Crippen LogP) is 0.974. The van der Waals surface area contributed by atoms with Crippen LogP contribution in [-0.2, 0) is 20.7 Å². The lowest BCUT2D eigenvalue weighted by atomic mass is 10.1. The van der Waals surface area contributed by atoms with Gasteiger partial charge in [0.1, 0.15) is 0 Å². The lowest BCUT2D eigenvalue weighted by Gasteiger charge is -2.35. The Morgan fingerprint density at radius 1 is 1.31 bits per heavy atom. The lowest BCUT2D eigenvalue weighted by molar-refractivity contribution is -0.134. The van der Waals surface area contributed by atoms with E-state index >= 15 is 0 Å². The summed E-state index contributed by atoms with van der Waals surface area (Å²) < 4.78 is 5.87. The van der Waals surface area contributed by atoms with Crippen LogP contribution in [0.2, 0.25) is 0 Å². The van der Waals surface area contributed by atoms with Crippen molar-refractivity contribution < 1.29 is 14.3 Å². The van der Waals surface area contributed by atoms with E-state index in [9.17, 15) is 9.59 Å². The van der Waals surface area contributed by atoms with Gasteiger partial charge in [0.15, 0.2) is 0 Å². The molecule has 0 aromatic heterocycles. The molecule has 2 heterocycles. The number of benzene rings is 1. The summed E-state index contributed by atoms with van der Waals surface area (Å²) in [5.41, 5.74) is 2.22. The number of carbonyl (C=O) groups excluding carboxylic acids is 2. The van der Waals surface area contributed by atoms with Crippen LogP contribution >= 0.6 is 0 Å². The molecule has 2 aliphatic heterocycles. The Morgan fingerprint density at radius 2 is 2.12 bits per heavy atom. The van der Waals surface area contributed by atoms with Gasteiger partial charge in [-0.15, -0.1) is 0 Å². The number of rotatable bonds is 5. The van der Waals surface area contributed by atoms with Crippen molar-refractivity contribution in [1.82, 2.24) is 15.1 Å². The maximum atomic E-state index is 12.4. The smallest absolute Gasteiger partial charge is 0.224 e. The van der Waals surface area contributed by atoms with Gasteiger partial charge in [-0.25, -0.2) is 0 Å². The van der Waals surface area contributed by atoms with E-state index in [1.165, 1.54) is 5.56 Å². The fourth-order valence-electron chi connectivity index (χ4n) is 3.83. The highest BCUT2D eigenvalue weighted by Gasteiger charge is 2.38. The maximum absolute atomic E-state index is 12.4. The second-order valence-corrected chi connectivity index (χ2v) is 7.72. The molecule has 3 atom stereocenters. The van der Waals surface area contributed by atoms with E-state index in [4.69, 9.17) is 4.74 Å². The first-order valence-electron chi connectivity index (χ1n) is 9.31. The highest BCUT2D eigenvalue weighted by Crippen LogP contribution is 2.24. The Balaban J connectivity index is 1.47. The predicted molar refractivity (Wildman–Crippen MR) is 99.8 cm³/mol. The molecule has 0 aliphatic carbocycles. The Kier molecular flexibility index (Phi) is 5.94. The van der Waals surface area contributed by atoms with E-state index in [1.54, 1.807) is 19.0 Å². The lowest BCUT2D eigenvalue weighted by Crippen LogP contribution is -2.47. The van der Waals surface area contributed by atoms with Gasteiger partial charge >= 0.3 is 0 Å². The molecular weight excluding hydrogens is 330 g/mol. The summed E-state index contributed by atoms with van der Waals surface area (Å²) in [4.78, 5) is 28.2. The van der Waals surface area contributed by atoms with Crippen molar-refractivity contribution in [2.24, 2.45) is 0 Å². The fourth-order valence-corrected chi connectivity index (χ4v) is 3.83. The second kappa shape index (κ2) is 8.18. The topological polar surface area (TPSA) is 61.9 Å². The third-order valence-electron chi connectivity index (χ3n) is 5.20. The third kappa shape index (κ3) is 4.83. The molecule has 1 N–H and O–H groups in total. The standard InChI is InChI=1S/C20H29N3O3/c1-14-5-4-6-15(7-14)8-19(24)21-16-9-17-13-26-18(12-23(17)11-16)10-20(25)22(2)3/h4-7,16-18H,8-13H2,1-3H3,(H,21,24)/t16-,17-,18-/m0/s1. The summed E-state index contributed by atoms with van der Waals surface area (Å²) in [6.07, 6.45) is 1.69. The number of fused-ring (bicyclic) bond motifs is 1. The van der Waals surface area contributed by atoms with Crippen molar-refractivity contribution in [2.75, 3.05) is 33.8 Å². The molecule has 0 saturated carbocycles. The number of nitrogens with zero attached hydrogens (tertiary/aromatic N) is 2. The van der Waals surface area contributed by atoms with Crippen molar-refractivity contribution in [3.05, 3.63) is 35.4 Å². The molecule has 1 aromatic rings. The van der Waals surface area contributed by atoms with E-state index in [1.807, 2.05) is 25.1 Å². The van der Waals surface area contributed by atoms with Crippen molar-refractivity contribution >= 4 is 11.8 Å². The van der Waals surface area contributed by atoms with Gasteiger partial charge in [-0.3, -0.25) is 14.5 Å². The average Bonchev–Trinajstić information content (AvgIpc) is 2.95. The molecule has 2 fully saturated rings. The van der Waals surface area contributed by atoms with Crippen LogP contribution in [0.5, 0.6) is 0 Å². The fraction of sp³-hybridized carbons (Fsp3) is 0.600. The van der Waals surface area contributed by atoms with E-state index in [0.29, 0.717) is 25.5 Å². The number of aryl methyl sites for hydroxylation is 1. The van der Waals surface area contributed by atoms with E-state index < -0.39 is 0 Å². The minimum Gasteiger partial charge on any atom is -0.375 e. The van der Waals surface area contributed by atoms with Crippen LogP contribution in [0.15, 0.2) is 24.3 Å². The molecule has 3 rings (SSSR count). The van der Waals surface area contributed by atoms with Crippen molar-refractivity contribution in [1.29, 1.82) is 0 Å². The Hall–Kier alpha value is -1.92. The number of nitrogens with one attached hydrogen (secondary N) is 1. The zero-order chi connectivity index (χ0) is 18.7. The summed E-state index contributed by atoms with van der Waals surface area (Å²) in [6.45, 7) is 4.26. The number of ether oxygens (including phenoxy) is 1. The van der Waals surface area contributed by atoms with E-state index in [2.05, 4.69) is 16.3 Å². The second-order valence-electron chi connectivity index (χ2n) is 7.72. The van der Waals surface area contributed by atoms with Crippen LogP contribution < -0.4 is 5.32 Å². The largest absolute Gasteiger partial charge is 0.375 e. The normalized spacial score (nSPS) is 25.6. The quantitative estimate of drug-likeness (QED) is 0.851. The molecular formula is C20H29N3O3. The van der Waals surface area contributed by atoms with Crippen molar-refractivity contribution in [3.63, 3.8) is 0 Å². The van der Waals surface area contributed by atoms with Crippen molar-refractivity contribution in [3.8, 4) is 0 Å². The highest BCUT2D eigenvalue weighted by atomic mass is 16.5. The minimum absolute atomic E-state index is 0.0529. The van der Waals surface area contributed by atoms with Gasteiger partial charge < -0.3 is 15.0 Å². The summed E-state index contributed by atoms with van der Waals surface area (Å²) in [6, 6.07) is 8.56. The Bertz CT molecular complexity index is 661. The molecule has 2 saturated heterocycles. The first-order chi connectivity index (χ1) is 12.4. The summed E-state index contributed by atoms with van der Waals surface area (Å²) in [7, 11) is 3.53. The van der Waals surface area contributed by atoms with Gasteiger partial charge in [-0.1, -0.05) is 29.8 Å². The van der Waals surface area contributed by atoms with Crippen LogP contribution in [0.3, 0.4) is 0 Å². The van der Waals surface area contributed by atoms with Gasteiger partial charge in [0.25, 0.3) is 0 Å². The van der Waals surface area contributed by atoms with Crippen LogP contribution in [0.25, 0.3) is 0 Å². The summed E-state index contributed by atoms with van der Waals surface area (Å²) >= 11 is 0. The average molecular weight is 359 g/mol. The zero-order valence-electron chi connectivity index (χ0n) is 15.9. The van der Waals surface area contributed by atoms with Gasteiger partial charge in [-0.05, 0) is 18.9 Å². The summed E-state index contributed by atoms with van der Waals surface area (Å²) in [5, 5.41) is 3.17. The SMILES string of the molecule is Cc1cccc(CC(=O)N[C@H]2C[C@H]3CO[C@@H](CC(=O)N(C)C)CN3C2)c1. The molecule has 142 valence electrons. The van der Waals surface area contributed by atoms with Crippen molar-refractivity contribution in [2.45, 2.75) is 44.4 Å². The molecule has 0 bridgehead atoms. The monoisotopic (exact) mass is 359 g/mol. The third-order valence-corrected chi connectivity index (χ3v) is 5.20. The van der Waals surface area contributed by atoms with E-state index in [-0.39, 0.29) is 24.0 Å². The zero-order valence-corrected chi connectivity index (χ0v) is 15.9. The molecule has 1 aromatic carbocycles. The van der Waals surface area contributed by atoms with Crippen LogP contribution in [0.4, 0.5) is 0 Å². The number of carbonyl (C=O) groups is 2. The molecule has 6 heteroatoms. The van der Waals surface area contributed by atoms with Gasteiger partial charge in [0.05, 0.1) is 25.6 Å². The molecule has 0 spiro atoms. The molecule has 0 radical (unpaired) electrons. The van der Waals surface area contributed by atoms with Crippen LogP contribution in [-0.4, -0.2) is 73.6 Å². The number of hydrogen-bond donors (Lipinski definition) is 1. The van der Waals surface area contributed by atoms with Gasteiger partial charge in [-0.2, -0.15) is 0 Å². The first-order valence-corrected chi connectivity index (χ1v) is 9.31.